The number of nitrogens with zero attached hydrogens (tertiary/aromatic N) is 1. The lowest BCUT2D eigenvalue weighted by atomic mass is 10.1. The van der Waals surface area contributed by atoms with E-state index in [2.05, 4.69) is 10.3 Å². The summed E-state index contributed by atoms with van der Waals surface area (Å²) in [5.41, 5.74) is 1.05. The number of amides is 1. The summed E-state index contributed by atoms with van der Waals surface area (Å²) in [4.78, 5) is 16.0. The van der Waals surface area contributed by atoms with Crippen LogP contribution in [0.5, 0.6) is 11.5 Å². The van der Waals surface area contributed by atoms with Crippen LogP contribution in [0.15, 0.2) is 23.2 Å². The van der Waals surface area contributed by atoms with Gasteiger partial charge < -0.3 is 14.8 Å². The van der Waals surface area contributed by atoms with Gasteiger partial charge in [0.15, 0.2) is 16.7 Å². The molecule has 0 saturated carbocycles. The van der Waals surface area contributed by atoms with E-state index in [4.69, 9.17) is 9.47 Å². The molecule has 1 aromatic carbocycles. The summed E-state index contributed by atoms with van der Waals surface area (Å²) < 4.78 is 10.8. The van der Waals surface area contributed by atoms with E-state index in [-0.39, 0.29) is 5.91 Å². The number of nitrogens with one attached hydrogen (secondary N) is 1. The fourth-order valence-electron chi connectivity index (χ4n) is 1.99. The van der Waals surface area contributed by atoms with E-state index < -0.39 is 0 Å². The molecule has 0 fully saturated rings. The third kappa shape index (κ3) is 4.67. The Balaban J connectivity index is 1.88. The molecule has 21 heavy (non-hydrogen) atoms. The second kappa shape index (κ2) is 7.93. The molecule has 0 saturated heterocycles. The van der Waals surface area contributed by atoms with Gasteiger partial charge in [-0.15, -0.1) is 0 Å². The zero-order valence-electron chi connectivity index (χ0n) is 12.3. The Bertz CT molecular complexity index is 532. The number of carbonyl (C=O) groups is 1. The molecular weight excluding hydrogens is 288 g/mol. The highest BCUT2D eigenvalue weighted by Gasteiger charge is 2.11. The standard InChI is InChI=1S/C15H20N2O3S/c1-3-20-12-6-4-11(10-13(12)19-2)5-7-14(18)17-15-16-8-9-21-15/h4,6,10H,3,5,7-9H2,1-2H3,(H,16,17,18). The number of aliphatic imine (C=N–C) groups is 1. The van der Waals surface area contributed by atoms with Crippen LogP contribution in [-0.2, 0) is 11.2 Å². The van der Waals surface area contributed by atoms with Gasteiger partial charge in [-0.05, 0) is 31.0 Å². The number of ether oxygens (including phenoxy) is 2. The molecule has 1 heterocycles. The minimum absolute atomic E-state index is 0.00370. The fourth-order valence-corrected chi connectivity index (χ4v) is 2.74. The van der Waals surface area contributed by atoms with Gasteiger partial charge in [0, 0.05) is 12.2 Å². The Labute approximate surface area is 129 Å². The lowest BCUT2D eigenvalue weighted by Gasteiger charge is -2.11. The molecule has 1 amide bonds. The number of thioether (sulfide) groups is 1. The van der Waals surface area contributed by atoms with Crippen LogP contribution in [0.25, 0.3) is 0 Å². The van der Waals surface area contributed by atoms with Gasteiger partial charge in [0.05, 0.1) is 20.3 Å². The van der Waals surface area contributed by atoms with Gasteiger partial charge in [0.1, 0.15) is 0 Å². The Morgan fingerprint density at radius 3 is 2.95 bits per heavy atom. The first kappa shape index (κ1) is 15.7. The van der Waals surface area contributed by atoms with E-state index in [9.17, 15) is 4.79 Å². The number of benzene rings is 1. The van der Waals surface area contributed by atoms with Crippen LogP contribution in [0.2, 0.25) is 0 Å². The van der Waals surface area contributed by atoms with Crippen LogP contribution in [0, 0.1) is 0 Å². The van der Waals surface area contributed by atoms with Crippen molar-refractivity contribution in [2.75, 3.05) is 26.0 Å². The molecule has 0 unspecified atom stereocenters. The van der Waals surface area contributed by atoms with Gasteiger partial charge in [0.25, 0.3) is 0 Å². The molecule has 0 aliphatic carbocycles. The van der Waals surface area contributed by atoms with Crippen LogP contribution in [0.3, 0.4) is 0 Å². The summed E-state index contributed by atoms with van der Waals surface area (Å²) in [6.45, 7) is 3.32. The smallest absolute Gasteiger partial charge is 0.226 e. The van der Waals surface area contributed by atoms with Crippen molar-refractivity contribution >= 4 is 22.8 Å². The molecule has 6 heteroatoms. The second-order valence-electron chi connectivity index (χ2n) is 4.50. The quantitative estimate of drug-likeness (QED) is 0.875. The lowest BCUT2D eigenvalue weighted by molar-refractivity contribution is -0.119. The molecule has 0 atom stereocenters. The SMILES string of the molecule is CCOc1ccc(CCC(=O)NC2=NCCS2)cc1OC. The minimum Gasteiger partial charge on any atom is -0.493 e. The van der Waals surface area contributed by atoms with Gasteiger partial charge in [0.2, 0.25) is 5.91 Å². The second-order valence-corrected chi connectivity index (χ2v) is 5.59. The van der Waals surface area contributed by atoms with Crippen LogP contribution >= 0.6 is 11.8 Å². The van der Waals surface area contributed by atoms with Gasteiger partial charge in [-0.25, -0.2) is 0 Å². The van der Waals surface area contributed by atoms with E-state index in [1.807, 2.05) is 25.1 Å². The maximum atomic E-state index is 11.8. The minimum atomic E-state index is -0.00370. The average molecular weight is 308 g/mol. The van der Waals surface area contributed by atoms with Gasteiger partial charge in [-0.1, -0.05) is 17.8 Å². The molecule has 0 bridgehead atoms. The van der Waals surface area contributed by atoms with Crippen molar-refractivity contribution in [2.45, 2.75) is 19.8 Å². The Morgan fingerprint density at radius 2 is 2.29 bits per heavy atom. The average Bonchev–Trinajstić information content (AvgIpc) is 2.99. The summed E-state index contributed by atoms with van der Waals surface area (Å²) >= 11 is 1.59. The number of hydrogen-bond acceptors (Lipinski definition) is 5. The number of amidine groups is 1. The van der Waals surface area contributed by atoms with Crippen molar-refractivity contribution in [3.05, 3.63) is 23.8 Å². The fraction of sp³-hybridized carbons (Fsp3) is 0.467. The monoisotopic (exact) mass is 308 g/mol. The summed E-state index contributed by atoms with van der Waals surface area (Å²) in [6, 6.07) is 5.76. The summed E-state index contributed by atoms with van der Waals surface area (Å²) in [6.07, 6.45) is 1.09. The maximum Gasteiger partial charge on any atom is 0.226 e. The van der Waals surface area contributed by atoms with Gasteiger partial charge in [-0.2, -0.15) is 0 Å². The summed E-state index contributed by atoms with van der Waals surface area (Å²) in [5.74, 6) is 2.37. The highest BCUT2D eigenvalue weighted by molar-refractivity contribution is 8.14. The molecule has 114 valence electrons. The maximum absolute atomic E-state index is 11.8. The molecule has 0 spiro atoms. The Hall–Kier alpha value is -1.69. The van der Waals surface area contributed by atoms with Crippen molar-refractivity contribution in [1.29, 1.82) is 0 Å². The highest BCUT2D eigenvalue weighted by atomic mass is 32.2. The third-order valence-electron chi connectivity index (χ3n) is 3.00. The summed E-state index contributed by atoms with van der Waals surface area (Å²) in [7, 11) is 1.61. The zero-order valence-corrected chi connectivity index (χ0v) is 13.2. The van der Waals surface area contributed by atoms with E-state index in [0.717, 1.165) is 28.8 Å². The molecular formula is C15H20N2O3S. The zero-order chi connectivity index (χ0) is 15.1. The van der Waals surface area contributed by atoms with Crippen molar-refractivity contribution in [3.8, 4) is 11.5 Å². The molecule has 1 aliphatic rings. The van der Waals surface area contributed by atoms with Crippen molar-refractivity contribution < 1.29 is 14.3 Å². The lowest BCUT2D eigenvalue weighted by Crippen LogP contribution is -2.27. The number of hydrogen-bond donors (Lipinski definition) is 1. The Morgan fingerprint density at radius 1 is 1.43 bits per heavy atom. The van der Waals surface area contributed by atoms with Crippen molar-refractivity contribution in [1.82, 2.24) is 5.32 Å². The summed E-state index contributed by atoms with van der Waals surface area (Å²) in [5, 5.41) is 3.57. The molecule has 0 aromatic heterocycles. The van der Waals surface area contributed by atoms with Crippen LogP contribution in [0.1, 0.15) is 18.9 Å². The van der Waals surface area contributed by atoms with Crippen LogP contribution < -0.4 is 14.8 Å². The molecule has 0 radical (unpaired) electrons. The largest absolute Gasteiger partial charge is 0.493 e. The number of rotatable bonds is 6. The molecule has 1 N–H and O–H groups in total. The van der Waals surface area contributed by atoms with Crippen molar-refractivity contribution in [2.24, 2.45) is 4.99 Å². The molecule has 5 nitrogen and oxygen atoms in total. The third-order valence-corrected chi connectivity index (χ3v) is 3.89. The molecule has 2 rings (SSSR count). The predicted molar refractivity (Wildman–Crippen MR) is 85.4 cm³/mol. The predicted octanol–water partition coefficient (Wildman–Crippen LogP) is 2.25. The first-order valence-corrected chi connectivity index (χ1v) is 7.98. The molecule has 1 aromatic rings. The number of aryl methyl sites for hydroxylation is 1. The van der Waals surface area contributed by atoms with Crippen LogP contribution in [-0.4, -0.2) is 37.1 Å². The Kier molecular flexibility index (Phi) is 5.92. The van der Waals surface area contributed by atoms with Crippen LogP contribution in [0.4, 0.5) is 0 Å². The van der Waals surface area contributed by atoms with E-state index in [1.54, 1.807) is 18.9 Å². The topological polar surface area (TPSA) is 59.9 Å². The first-order valence-electron chi connectivity index (χ1n) is 6.99. The number of methoxy groups -OCH3 is 1. The highest BCUT2D eigenvalue weighted by Crippen LogP contribution is 2.28. The van der Waals surface area contributed by atoms with Gasteiger partial charge >= 0.3 is 0 Å². The van der Waals surface area contributed by atoms with E-state index in [0.29, 0.717) is 25.2 Å². The molecule has 1 aliphatic heterocycles. The number of carbonyl (C=O) groups excluding carboxylic acids is 1. The van der Waals surface area contributed by atoms with Gasteiger partial charge in [-0.3, -0.25) is 9.79 Å². The van der Waals surface area contributed by atoms with E-state index in [1.165, 1.54) is 0 Å². The van der Waals surface area contributed by atoms with E-state index >= 15 is 0 Å². The normalized spacial score (nSPS) is 13.7. The van der Waals surface area contributed by atoms with Crippen molar-refractivity contribution in [3.63, 3.8) is 0 Å². The first-order chi connectivity index (χ1) is 10.2.